The summed E-state index contributed by atoms with van der Waals surface area (Å²) in [6.45, 7) is 7.90. The summed E-state index contributed by atoms with van der Waals surface area (Å²) in [5, 5.41) is 11.8. The van der Waals surface area contributed by atoms with Gasteiger partial charge >= 0.3 is 0 Å². The van der Waals surface area contributed by atoms with Crippen molar-refractivity contribution in [2.24, 2.45) is 0 Å². The zero-order chi connectivity index (χ0) is 31.4. The Labute approximate surface area is 264 Å². The Morgan fingerprint density at radius 3 is 1.83 bits per heavy atom. The Balaban J connectivity index is 1.51. The highest BCUT2D eigenvalue weighted by molar-refractivity contribution is 6.36. The summed E-state index contributed by atoms with van der Waals surface area (Å²) in [5.41, 5.74) is 7.69. The van der Waals surface area contributed by atoms with Gasteiger partial charge in [-0.25, -0.2) is 9.74 Å². The molecule has 2 heterocycles. The van der Waals surface area contributed by atoms with Crippen LogP contribution in [0.25, 0.3) is 54.6 Å². The van der Waals surface area contributed by atoms with Crippen LogP contribution in [0.1, 0.15) is 26.3 Å². The maximum Gasteiger partial charge on any atom is 0.268 e. The van der Waals surface area contributed by atoms with Crippen molar-refractivity contribution in [1.82, 2.24) is 4.57 Å². The number of aromatic nitrogens is 1. The minimum Gasteiger partial charge on any atom is -0.308 e. The summed E-state index contributed by atoms with van der Waals surface area (Å²) >= 11 is 0. The summed E-state index contributed by atoms with van der Waals surface area (Å²) in [7, 11) is 0. The predicted octanol–water partition coefficient (Wildman–Crippen LogP) is 9.34. The van der Waals surface area contributed by atoms with Crippen LogP contribution in [0.2, 0.25) is 0 Å². The fourth-order valence-corrected chi connectivity index (χ4v) is 6.70. The molecule has 6 nitrogen and oxygen atoms in total. The number of rotatable bonds is 4. The second-order valence-corrected chi connectivity index (χ2v) is 11.0. The van der Waals surface area contributed by atoms with Gasteiger partial charge in [0.25, 0.3) is 11.8 Å². The Bertz CT molecular complexity index is 2380. The second-order valence-electron chi connectivity index (χ2n) is 11.0. The third-order valence-electron chi connectivity index (χ3n) is 8.62. The van der Waals surface area contributed by atoms with Crippen molar-refractivity contribution in [2.75, 3.05) is 4.90 Å². The molecule has 1 aliphatic heterocycles. The van der Waals surface area contributed by atoms with Crippen molar-refractivity contribution < 1.29 is 9.59 Å². The average molecular weight is 591 g/mol. The van der Waals surface area contributed by atoms with E-state index in [1.54, 1.807) is 48.5 Å². The van der Waals surface area contributed by atoms with E-state index in [2.05, 4.69) is 10.9 Å². The molecule has 1 aromatic heterocycles. The summed E-state index contributed by atoms with van der Waals surface area (Å²) in [4.78, 5) is 32.9. The highest BCUT2D eigenvalue weighted by atomic mass is 16.2. The number of fused-ring (bicyclic) bond motifs is 4. The molecule has 0 saturated carbocycles. The van der Waals surface area contributed by atoms with Crippen molar-refractivity contribution in [3.63, 3.8) is 0 Å². The summed E-state index contributed by atoms with van der Waals surface area (Å²) in [6, 6.07) is 43.6. The first-order valence-corrected chi connectivity index (χ1v) is 14.7. The van der Waals surface area contributed by atoms with Crippen LogP contribution in [0.5, 0.6) is 0 Å². The lowest BCUT2D eigenvalue weighted by molar-refractivity contribution is 0.0926. The number of nitriles is 1. The molecule has 2 amide bonds. The van der Waals surface area contributed by atoms with Crippen molar-refractivity contribution in [2.45, 2.75) is 0 Å². The molecule has 0 radical (unpaired) electrons. The zero-order valence-electron chi connectivity index (χ0n) is 24.3. The maximum atomic E-state index is 14.2. The van der Waals surface area contributed by atoms with Crippen LogP contribution >= 0.6 is 0 Å². The van der Waals surface area contributed by atoms with Crippen LogP contribution in [-0.4, -0.2) is 16.4 Å². The van der Waals surface area contributed by atoms with Crippen LogP contribution in [0, 0.1) is 17.9 Å². The van der Waals surface area contributed by atoms with Crippen molar-refractivity contribution in [3.05, 3.63) is 162 Å². The van der Waals surface area contributed by atoms with Gasteiger partial charge in [0.15, 0.2) is 5.69 Å². The molecule has 8 rings (SSSR count). The summed E-state index contributed by atoms with van der Waals surface area (Å²) in [6.07, 6.45) is 0. The number of carbonyl (C=O) groups excluding carboxylic acids is 2. The molecule has 0 fully saturated rings. The molecule has 0 N–H and O–H groups in total. The van der Waals surface area contributed by atoms with Gasteiger partial charge < -0.3 is 4.57 Å². The van der Waals surface area contributed by atoms with E-state index in [1.807, 2.05) is 89.5 Å². The number of para-hydroxylation sites is 2. The standard InChI is InChI=1S/C40H22N4O2/c1-42-32-20-8-7-16-28(32)30-18-10-22-34-37(30)36-29(27-15-6-5-12-25(27)24-41)17-9-21-33(36)44(34)35-23-11-19-31-38(35)40(46)43(39(31)45)26-13-3-2-4-14-26/h2-23H. The Hall–Kier alpha value is -6.76. The van der Waals surface area contributed by atoms with E-state index in [1.165, 1.54) is 4.90 Å². The zero-order valence-corrected chi connectivity index (χ0v) is 24.3. The van der Waals surface area contributed by atoms with E-state index < -0.39 is 5.91 Å². The molecule has 0 spiro atoms. The lowest BCUT2D eigenvalue weighted by Crippen LogP contribution is -2.29. The second kappa shape index (κ2) is 10.4. The van der Waals surface area contributed by atoms with Gasteiger partial charge in [0.1, 0.15) is 0 Å². The molecule has 6 heteroatoms. The number of hydrogen-bond donors (Lipinski definition) is 0. The van der Waals surface area contributed by atoms with Gasteiger partial charge in [0.2, 0.25) is 0 Å². The van der Waals surface area contributed by atoms with Gasteiger partial charge in [0.05, 0.1) is 51.7 Å². The average Bonchev–Trinajstić information content (AvgIpc) is 3.59. The van der Waals surface area contributed by atoms with Crippen molar-refractivity contribution in [3.8, 4) is 34.0 Å². The van der Waals surface area contributed by atoms with Gasteiger partial charge in [-0.15, -0.1) is 0 Å². The number of nitrogens with zero attached hydrogens (tertiary/aromatic N) is 4. The van der Waals surface area contributed by atoms with Crippen LogP contribution in [0.3, 0.4) is 0 Å². The normalized spacial score (nSPS) is 12.3. The van der Waals surface area contributed by atoms with Crippen LogP contribution in [-0.2, 0) is 0 Å². The highest BCUT2D eigenvalue weighted by Gasteiger charge is 2.39. The smallest absolute Gasteiger partial charge is 0.268 e. The minimum absolute atomic E-state index is 0.324. The molecule has 0 saturated heterocycles. The fraction of sp³-hybridized carbons (Fsp3) is 0. The molecule has 0 bridgehead atoms. The first-order valence-electron chi connectivity index (χ1n) is 14.7. The molecule has 0 unspecified atom stereocenters. The van der Waals surface area contributed by atoms with Gasteiger partial charge in [0, 0.05) is 16.3 Å². The fourth-order valence-electron chi connectivity index (χ4n) is 6.70. The monoisotopic (exact) mass is 590 g/mol. The molecule has 1 aliphatic rings. The first-order chi connectivity index (χ1) is 22.6. The van der Waals surface area contributed by atoms with Gasteiger partial charge in [-0.2, -0.15) is 5.26 Å². The quantitative estimate of drug-likeness (QED) is 0.151. The van der Waals surface area contributed by atoms with Gasteiger partial charge in [-0.1, -0.05) is 91.0 Å². The van der Waals surface area contributed by atoms with E-state index in [9.17, 15) is 14.9 Å². The van der Waals surface area contributed by atoms with E-state index in [0.717, 1.165) is 44.1 Å². The van der Waals surface area contributed by atoms with E-state index in [4.69, 9.17) is 6.57 Å². The molecular formula is C40H22N4O2. The lowest BCUT2D eigenvalue weighted by atomic mass is 9.92. The van der Waals surface area contributed by atoms with E-state index in [-0.39, 0.29) is 5.91 Å². The molecule has 214 valence electrons. The molecule has 6 aromatic carbocycles. The maximum absolute atomic E-state index is 14.2. The van der Waals surface area contributed by atoms with E-state index >= 15 is 0 Å². The number of amides is 2. The van der Waals surface area contributed by atoms with Gasteiger partial charge in [-0.3, -0.25) is 9.59 Å². The molecular weight excluding hydrogens is 568 g/mol. The van der Waals surface area contributed by atoms with Crippen LogP contribution < -0.4 is 4.90 Å². The summed E-state index contributed by atoms with van der Waals surface area (Å²) in [5.74, 6) is -0.763. The number of hydrogen-bond acceptors (Lipinski definition) is 3. The lowest BCUT2D eigenvalue weighted by Gasteiger charge is -2.14. The topological polar surface area (TPSA) is 70.5 Å². The van der Waals surface area contributed by atoms with E-state index in [0.29, 0.717) is 33.8 Å². The molecule has 0 atom stereocenters. The van der Waals surface area contributed by atoms with Gasteiger partial charge in [-0.05, 0) is 59.2 Å². The Morgan fingerprint density at radius 1 is 0.565 bits per heavy atom. The van der Waals surface area contributed by atoms with Crippen LogP contribution in [0.15, 0.2) is 133 Å². The van der Waals surface area contributed by atoms with Crippen molar-refractivity contribution in [1.29, 1.82) is 5.26 Å². The number of anilines is 1. The Kier molecular flexibility index (Phi) is 6.10. The summed E-state index contributed by atoms with van der Waals surface area (Å²) < 4.78 is 2.03. The third kappa shape index (κ3) is 3.81. The number of carbonyl (C=O) groups is 2. The van der Waals surface area contributed by atoms with Crippen LogP contribution in [0.4, 0.5) is 11.4 Å². The molecule has 7 aromatic rings. The highest BCUT2D eigenvalue weighted by Crippen LogP contribution is 2.46. The molecule has 0 aliphatic carbocycles. The van der Waals surface area contributed by atoms with Crippen molar-refractivity contribution >= 4 is 45.0 Å². The molecule has 46 heavy (non-hydrogen) atoms. The number of benzene rings is 6. The SMILES string of the molecule is [C-]#[N+]c1ccccc1-c1cccc2c1c1c(-c3ccccc3C#N)cccc1n2-c1cccc2c1C(=O)N(c1ccccc1)C2=O. The minimum atomic E-state index is -0.391. The number of imide groups is 1. The first kappa shape index (κ1) is 26.8. The third-order valence-corrected chi connectivity index (χ3v) is 8.62. The Morgan fingerprint density at radius 2 is 1.13 bits per heavy atom. The predicted molar refractivity (Wildman–Crippen MR) is 180 cm³/mol. The largest absolute Gasteiger partial charge is 0.308 e.